The average Bonchev–Trinajstić information content (AvgIpc) is 3.10. The number of rotatable bonds is 3. The topological polar surface area (TPSA) is 50.8 Å². The normalized spacial score (nSPS) is 10.9. The quantitative estimate of drug-likeness (QED) is 0.600. The number of methoxy groups -OCH3 is 1. The maximum Gasteiger partial charge on any atom is 0.126 e. The summed E-state index contributed by atoms with van der Waals surface area (Å²) in [5.41, 5.74) is 6.06. The van der Waals surface area contributed by atoms with Gasteiger partial charge in [0.05, 0.1) is 24.5 Å². The van der Waals surface area contributed by atoms with E-state index in [1.807, 2.05) is 55.6 Å². The van der Waals surface area contributed by atoms with Gasteiger partial charge in [0, 0.05) is 27.8 Å². The Morgan fingerprint density at radius 1 is 0.917 bits per heavy atom. The van der Waals surface area contributed by atoms with Crippen LogP contribution in [-0.2, 0) is 0 Å². The van der Waals surface area contributed by atoms with Crippen LogP contribution < -0.4 is 4.74 Å². The van der Waals surface area contributed by atoms with Gasteiger partial charge < -0.3 is 4.74 Å². The zero-order valence-electron chi connectivity index (χ0n) is 13.6. The minimum atomic E-state index is 0.829. The second kappa shape index (κ2) is 5.81. The van der Waals surface area contributed by atoms with Crippen LogP contribution in [0.5, 0.6) is 5.75 Å². The van der Waals surface area contributed by atoms with E-state index in [-0.39, 0.29) is 0 Å². The van der Waals surface area contributed by atoms with Gasteiger partial charge in [-0.2, -0.15) is 5.10 Å². The highest BCUT2D eigenvalue weighted by Crippen LogP contribution is 2.38. The van der Waals surface area contributed by atoms with Crippen molar-refractivity contribution in [2.75, 3.05) is 7.11 Å². The molecular weight excluding hydrogens is 298 g/mol. The molecule has 0 atom stereocenters. The van der Waals surface area contributed by atoms with Crippen LogP contribution in [-0.4, -0.2) is 22.3 Å². The molecule has 24 heavy (non-hydrogen) atoms. The molecule has 0 fully saturated rings. The first kappa shape index (κ1) is 14.5. The van der Waals surface area contributed by atoms with E-state index in [1.54, 1.807) is 7.11 Å². The number of benzene rings is 2. The Labute approximate surface area is 140 Å². The van der Waals surface area contributed by atoms with Crippen molar-refractivity contribution in [3.8, 4) is 28.1 Å². The van der Waals surface area contributed by atoms with E-state index in [4.69, 9.17) is 4.74 Å². The molecule has 4 nitrogen and oxygen atoms in total. The van der Waals surface area contributed by atoms with Gasteiger partial charge in [0.15, 0.2) is 0 Å². The molecular formula is C20H17N3O. The number of fused-ring (bicyclic) bond motifs is 1. The molecule has 0 bridgehead atoms. The Morgan fingerprint density at radius 3 is 2.58 bits per heavy atom. The van der Waals surface area contributed by atoms with Crippen LogP contribution in [0.4, 0.5) is 0 Å². The molecule has 0 unspecified atom stereocenters. The molecule has 2 aromatic carbocycles. The summed E-state index contributed by atoms with van der Waals surface area (Å²) in [5, 5.41) is 8.54. The Bertz CT molecular complexity index is 1020. The predicted octanol–water partition coefficient (Wildman–Crippen LogP) is 4.61. The van der Waals surface area contributed by atoms with E-state index in [0.717, 1.165) is 44.7 Å². The molecule has 0 spiro atoms. The fourth-order valence-electron chi connectivity index (χ4n) is 3.08. The molecule has 4 rings (SSSR count). The van der Waals surface area contributed by atoms with Gasteiger partial charge in [0.1, 0.15) is 5.75 Å². The zero-order valence-corrected chi connectivity index (χ0v) is 13.6. The van der Waals surface area contributed by atoms with Crippen molar-refractivity contribution in [1.29, 1.82) is 0 Å². The number of para-hydroxylation sites is 2. The molecule has 0 aliphatic rings. The molecule has 2 heterocycles. The van der Waals surface area contributed by atoms with Crippen molar-refractivity contribution in [3.05, 3.63) is 66.5 Å². The SMILES string of the molecule is COc1ccccc1-c1cn[nH]c1-c1cc(C)nc2ccccc12. The third kappa shape index (κ3) is 2.33. The fraction of sp³-hybridized carbons (Fsp3) is 0.100. The molecule has 0 amide bonds. The number of pyridine rings is 1. The van der Waals surface area contributed by atoms with Gasteiger partial charge in [-0.3, -0.25) is 10.1 Å². The lowest BCUT2D eigenvalue weighted by Crippen LogP contribution is -1.92. The Kier molecular flexibility index (Phi) is 3.50. The van der Waals surface area contributed by atoms with Crippen molar-refractivity contribution in [1.82, 2.24) is 15.2 Å². The molecule has 4 heteroatoms. The molecule has 0 aliphatic heterocycles. The van der Waals surface area contributed by atoms with Crippen LogP contribution in [0.1, 0.15) is 5.69 Å². The van der Waals surface area contributed by atoms with Crippen molar-refractivity contribution in [2.45, 2.75) is 6.92 Å². The Morgan fingerprint density at radius 2 is 1.71 bits per heavy atom. The van der Waals surface area contributed by atoms with Gasteiger partial charge in [-0.1, -0.05) is 36.4 Å². The summed E-state index contributed by atoms with van der Waals surface area (Å²) in [5.74, 6) is 0.829. The van der Waals surface area contributed by atoms with E-state index >= 15 is 0 Å². The van der Waals surface area contributed by atoms with Gasteiger partial charge in [0.2, 0.25) is 0 Å². The second-order valence-corrected chi connectivity index (χ2v) is 5.69. The van der Waals surface area contributed by atoms with E-state index < -0.39 is 0 Å². The van der Waals surface area contributed by atoms with Gasteiger partial charge in [-0.05, 0) is 25.1 Å². The fourth-order valence-corrected chi connectivity index (χ4v) is 3.08. The van der Waals surface area contributed by atoms with Crippen LogP contribution in [0.15, 0.2) is 60.8 Å². The number of ether oxygens (including phenoxy) is 1. The van der Waals surface area contributed by atoms with E-state index in [1.165, 1.54) is 0 Å². The highest BCUT2D eigenvalue weighted by molar-refractivity contribution is 5.98. The third-order valence-electron chi connectivity index (χ3n) is 4.15. The molecule has 0 aliphatic carbocycles. The van der Waals surface area contributed by atoms with Gasteiger partial charge in [-0.25, -0.2) is 0 Å². The summed E-state index contributed by atoms with van der Waals surface area (Å²) in [6, 6.07) is 18.2. The summed E-state index contributed by atoms with van der Waals surface area (Å²) in [4.78, 5) is 4.62. The van der Waals surface area contributed by atoms with Gasteiger partial charge >= 0.3 is 0 Å². The monoisotopic (exact) mass is 315 g/mol. The van der Waals surface area contributed by atoms with Gasteiger partial charge in [0.25, 0.3) is 0 Å². The lowest BCUT2D eigenvalue weighted by atomic mass is 9.98. The molecule has 0 saturated heterocycles. The predicted molar refractivity (Wildman–Crippen MR) is 96.0 cm³/mol. The molecule has 4 aromatic rings. The zero-order chi connectivity index (χ0) is 16.5. The number of H-pyrrole nitrogens is 1. The Hall–Kier alpha value is -3.14. The van der Waals surface area contributed by atoms with Crippen molar-refractivity contribution < 1.29 is 4.74 Å². The number of hydrogen-bond acceptors (Lipinski definition) is 3. The summed E-state index contributed by atoms with van der Waals surface area (Å²) >= 11 is 0. The van der Waals surface area contributed by atoms with Crippen molar-refractivity contribution in [2.24, 2.45) is 0 Å². The highest BCUT2D eigenvalue weighted by Gasteiger charge is 2.16. The maximum atomic E-state index is 5.52. The standard InChI is InChI=1S/C20H17N3O/c1-13-11-16(14-7-3-5-9-18(14)22-13)20-17(12-21-23-20)15-8-4-6-10-19(15)24-2/h3-12H,1-2H3,(H,21,23). The number of nitrogens with zero attached hydrogens (tertiary/aromatic N) is 2. The second-order valence-electron chi connectivity index (χ2n) is 5.69. The summed E-state index contributed by atoms with van der Waals surface area (Å²) in [7, 11) is 1.69. The minimum Gasteiger partial charge on any atom is -0.496 e. The van der Waals surface area contributed by atoms with Crippen LogP contribution >= 0.6 is 0 Å². The summed E-state index contributed by atoms with van der Waals surface area (Å²) < 4.78 is 5.52. The van der Waals surface area contributed by atoms with E-state index in [2.05, 4.69) is 27.3 Å². The lowest BCUT2D eigenvalue weighted by Gasteiger charge is -2.11. The largest absolute Gasteiger partial charge is 0.496 e. The smallest absolute Gasteiger partial charge is 0.126 e. The van der Waals surface area contributed by atoms with Crippen LogP contribution in [0, 0.1) is 6.92 Å². The lowest BCUT2D eigenvalue weighted by molar-refractivity contribution is 0.416. The van der Waals surface area contributed by atoms with E-state index in [0.29, 0.717) is 0 Å². The highest BCUT2D eigenvalue weighted by atomic mass is 16.5. The number of hydrogen-bond donors (Lipinski definition) is 1. The maximum absolute atomic E-state index is 5.52. The number of aromatic nitrogens is 3. The number of nitrogens with one attached hydrogen (secondary N) is 1. The average molecular weight is 315 g/mol. The van der Waals surface area contributed by atoms with E-state index in [9.17, 15) is 0 Å². The minimum absolute atomic E-state index is 0.829. The summed E-state index contributed by atoms with van der Waals surface area (Å²) in [6.07, 6.45) is 1.84. The number of aromatic amines is 1. The molecule has 118 valence electrons. The molecule has 0 saturated carbocycles. The number of aryl methyl sites for hydroxylation is 1. The Balaban J connectivity index is 1.99. The van der Waals surface area contributed by atoms with Crippen LogP contribution in [0.2, 0.25) is 0 Å². The third-order valence-corrected chi connectivity index (χ3v) is 4.15. The van der Waals surface area contributed by atoms with Crippen LogP contribution in [0.3, 0.4) is 0 Å². The van der Waals surface area contributed by atoms with Gasteiger partial charge in [-0.15, -0.1) is 0 Å². The van der Waals surface area contributed by atoms with Crippen molar-refractivity contribution in [3.63, 3.8) is 0 Å². The first-order valence-corrected chi connectivity index (χ1v) is 7.81. The molecule has 1 N–H and O–H groups in total. The summed E-state index contributed by atoms with van der Waals surface area (Å²) in [6.45, 7) is 2.01. The first-order valence-electron chi connectivity index (χ1n) is 7.81. The van der Waals surface area contributed by atoms with Crippen molar-refractivity contribution >= 4 is 10.9 Å². The first-order chi connectivity index (χ1) is 11.8. The molecule has 2 aromatic heterocycles. The molecule has 0 radical (unpaired) electrons. The van der Waals surface area contributed by atoms with Crippen LogP contribution in [0.25, 0.3) is 33.3 Å².